The molecular weight excluding hydrogens is 429 g/mol. The molecule has 2 N–H and O–H groups in total. The van der Waals surface area contributed by atoms with E-state index in [1.807, 2.05) is 6.07 Å². The number of benzene rings is 3. The zero-order chi connectivity index (χ0) is 21.7. The monoisotopic (exact) mass is 443 g/mol. The number of rotatable bonds is 6. The first-order valence-electron chi connectivity index (χ1n) is 8.64. The quantitative estimate of drug-likeness (QED) is 0.599. The fourth-order valence-electron chi connectivity index (χ4n) is 2.61. The first-order chi connectivity index (χ1) is 14.3. The molecule has 0 radical (unpaired) electrons. The fourth-order valence-corrected chi connectivity index (χ4v) is 3.94. The molecule has 0 saturated carbocycles. The lowest BCUT2D eigenvalue weighted by Gasteiger charge is -2.09. The number of amides is 1. The highest BCUT2D eigenvalue weighted by molar-refractivity contribution is 7.89. The summed E-state index contributed by atoms with van der Waals surface area (Å²) >= 11 is 5.69. The lowest BCUT2D eigenvalue weighted by molar-refractivity contribution is 0.102. The van der Waals surface area contributed by atoms with Crippen molar-refractivity contribution in [2.24, 2.45) is 0 Å². The standard InChI is InChI=1S/C21H15ClFN3O3S/c22-17-9-10-19(18(23)11-17)26-21(27)15-7-5-14(6-8-15)13-25-30(28,29)20-4-2-1-3-16(20)12-24/h1-11,25H,13H2,(H,26,27). The Morgan fingerprint density at radius 3 is 2.43 bits per heavy atom. The molecule has 152 valence electrons. The molecule has 0 unspecified atom stereocenters. The van der Waals surface area contributed by atoms with Crippen LogP contribution in [0, 0.1) is 17.1 Å². The van der Waals surface area contributed by atoms with Crippen LogP contribution >= 0.6 is 11.6 Å². The van der Waals surface area contributed by atoms with E-state index in [0.29, 0.717) is 5.56 Å². The summed E-state index contributed by atoms with van der Waals surface area (Å²) in [6.45, 7) is -0.0319. The van der Waals surface area contributed by atoms with Crippen molar-refractivity contribution in [3.63, 3.8) is 0 Å². The lowest BCUT2D eigenvalue weighted by atomic mass is 10.1. The van der Waals surface area contributed by atoms with E-state index >= 15 is 0 Å². The summed E-state index contributed by atoms with van der Waals surface area (Å²) in [5.41, 5.74) is 0.914. The van der Waals surface area contributed by atoms with Gasteiger partial charge in [-0.3, -0.25) is 4.79 Å². The molecule has 0 heterocycles. The van der Waals surface area contributed by atoms with Crippen molar-refractivity contribution in [3.8, 4) is 6.07 Å². The maximum Gasteiger partial charge on any atom is 0.255 e. The Morgan fingerprint density at radius 2 is 1.77 bits per heavy atom. The van der Waals surface area contributed by atoms with Gasteiger partial charge in [-0.05, 0) is 48.0 Å². The third-order valence-electron chi connectivity index (χ3n) is 4.16. The summed E-state index contributed by atoms with van der Waals surface area (Å²) in [5.74, 6) is -1.18. The van der Waals surface area contributed by atoms with Crippen molar-refractivity contribution in [2.45, 2.75) is 11.4 Å². The summed E-state index contributed by atoms with van der Waals surface area (Å²) in [6.07, 6.45) is 0. The molecule has 0 atom stereocenters. The van der Waals surface area contributed by atoms with Gasteiger partial charge in [0.05, 0.1) is 16.1 Å². The van der Waals surface area contributed by atoms with Gasteiger partial charge < -0.3 is 5.32 Å². The molecule has 0 fully saturated rings. The van der Waals surface area contributed by atoms with Crippen LogP contribution in [0.15, 0.2) is 71.6 Å². The average Bonchev–Trinajstić information content (AvgIpc) is 2.74. The number of anilines is 1. The zero-order valence-corrected chi connectivity index (χ0v) is 17.0. The lowest BCUT2D eigenvalue weighted by Crippen LogP contribution is -2.24. The van der Waals surface area contributed by atoms with Gasteiger partial charge in [0.1, 0.15) is 11.9 Å². The first-order valence-corrected chi connectivity index (χ1v) is 10.5. The Hall–Kier alpha value is -3.25. The second-order valence-electron chi connectivity index (χ2n) is 6.21. The predicted molar refractivity (Wildman–Crippen MR) is 111 cm³/mol. The van der Waals surface area contributed by atoms with E-state index in [1.54, 1.807) is 18.2 Å². The van der Waals surface area contributed by atoms with Crippen molar-refractivity contribution in [1.29, 1.82) is 5.26 Å². The molecule has 0 saturated heterocycles. The van der Waals surface area contributed by atoms with Gasteiger partial charge in [0, 0.05) is 17.1 Å². The van der Waals surface area contributed by atoms with Crippen LogP contribution in [0.5, 0.6) is 0 Å². The van der Waals surface area contributed by atoms with Crippen LogP contribution in [0.1, 0.15) is 21.5 Å². The highest BCUT2D eigenvalue weighted by atomic mass is 35.5. The molecular formula is C21H15ClFN3O3S. The number of carbonyl (C=O) groups is 1. The minimum atomic E-state index is -3.88. The van der Waals surface area contributed by atoms with E-state index in [1.165, 1.54) is 42.5 Å². The van der Waals surface area contributed by atoms with Gasteiger partial charge in [-0.25, -0.2) is 17.5 Å². The van der Waals surface area contributed by atoms with Crippen molar-refractivity contribution in [3.05, 3.63) is 94.3 Å². The molecule has 3 aromatic carbocycles. The van der Waals surface area contributed by atoms with Crippen LogP contribution in [0.4, 0.5) is 10.1 Å². The molecule has 0 spiro atoms. The Kier molecular flexibility index (Phi) is 6.47. The number of nitrogens with zero attached hydrogens (tertiary/aromatic N) is 1. The van der Waals surface area contributed by atoms with Crippen LogP contribution in [0.25, 0.3) is 0 Å². The van der Waals surface area contributed by atoms with Crippen LogP contribution in [-0.2, 0) is 16.6 Å². The number of nitrogens with one attached hydrogen (secondary N) is 2. The number of sulfonamides is 1. The van der Waals surface area contributed by atoms with Crippen LogP contribution < -0.4 is 10.0 Å². The molecule has 1 amide bonds. The Bertz CT molecular complexity index is 1240. The molecule has 6 nitrogen and oxygen atoms in total. The largest absolute Gasteiger partial charge is 0.319 e. The zero-order valence-electron chi connectivity index (χ0n) is 15.4. The summed E-state index contributed by atoms with van der Waals surface area (Å²) in [5, 5.41) is 11.7. The Balaban J connectivity index is 1.67. The molecule has 0 bridgehead atoms. The minimum Gasteiger partial charge on any atom is -0.319 e. The number of carbonyl (C=O) groups excluding carboxylic acids is 1. The van der Waals surface area contributed by atoms with Gasteiger partial charge in [0.2, 0.25) is 10.0 Å². The van der Waals surface area contributed by atoms with E-state index in [-0.39, 0.29) is 33.3 Å². The topological polar surface area (TPSA) is 99.1 Å². The Labute approximate surface area is 178 Å². The van der Waals surface area contributed by atoms with Crippen molar-refractivity contribution >= 4 is 33.2 Å². The average molecular weight is 444 g/mol. The molecule has 0 aliphatic heterocycles. The highest BCUT2D eigenvalue weighted by Crippen LogP contribution is 2.20. The van der Waals surface area contributed by atoms with E-state index in [2.05, 4.69) is 10.0 Å². The van der Waals surface area contributed by atoms with Crippen LogP contribution in [-0.4, -0.2) is 14.3 Å². The minimum absolute atomic E-state index is 0.00241. The maximum atomic E-state index is 13.8. The number of halogens is 2. The van der Waals surface area contributed by atoms with Gasteiger partial charge in [0.15, 0.2) is 0 Å². The normalized spacial score (nSPS) is 11.0. The molecule has 0 aliphatic carbocycles. The molecule has 3 aromatic rings. The van der Waals surface area contributed by atoms with Gasteiger partial charge in [-0.15, -0.1) is 0 Å². The summed E-state index contributed by atoms with van der Waals surface area (Å²) in [7, 11) is -3.88. The van der Waals surface area contributed by atoms with E-state index < -0.39 is 21.7 Å². The highest BCUT2D eigenvalue weighted by Gasteiger charge is 2.18. The summed E-state index contributed by atoms with van der Waals surface area (Å²) in [6, 6.07) is 17.8. The molecule has 9 heteroatoms. The number of nitriles is 1. The second-order valence-corrected chi connectivity index (χ2v) is 8.38. The van der Waals surface area contributed by atoms with Crippen molar-refractivity contribution < 1.29 is 17.6 Å². The molecule has 0 aliphatic rings. The summed E-state index contributed by atoms with van der Waals surface area (Å²) < 4.78 is 41.1. The summed E-state index contributed by atoms with van der Waals surface area (Å²) in [4.78, 5) is 12.2. The SMILES string of the molecule is N#Cc1ccccc1S(=O)(=O)NCc1ccc(C(=O)Nc2ccc(Cl)cc2F)cc1. The fraction of sp³-hybridized carbons (Fsp3) is 0.0476. The third-order valence-corrected chi connectivity index (χ3v) is 5.85. The molecule has 3 rings (SSSR count). The number of hydrogen-bond acceptors (Lipinski definition) is 4. The molecule has 0 aromatic heterocycles. The van der Waals surface area contributed by atoms with Gasteiger partial charge in [-0.1, -0.05) is 35.9 Å². The van der Waals surface area contributed by atoms with Crippen molar-refractivity contribution in [2.75, 3.05) is 5.32 Å². The van der Waals surface area contributed by atoms with E-state index in [0.717, 1.165) is 6.07 Å². The van der Waals surface area contributed by atoms with Crippen LogP contribution in [0.3, 0.4) is 0 Å². The van der Waals surface area contributed by atoms with Crippen molar-refractivity contribution in [1.82, 2.24) is 4.72 Å². The first kappa shape index (κ1) is 21.5. The second kappa shape index (κ2) is 9.05. The smallest absolute Gasteiger partial charge is 0.255 e. The molecule has 30 heavy (non-hydrogen) atoms. The van der Waals surface area contributed by atoms with Crippen LogP contribution in [0.2, 0.25) is 5.02 Å². The predicted octanol–water partition coefficient (Wildman–Crippen LogP) is 4.08. The van der Waals surface area contributed by atoms with Gasteiger partial charge >= 0.3 is 0 Å². The third kappa shape index (κ3) is 5.02. The van der Waals surface area contributed by atoms with E-state index in [9.17, 15) is 17.6 Å². The Morgan fingerprint density at radius 1 is 1.07 bits per heavy atom. The van der Waals surface area contributed by atoms with E-state index in [4.69, 9.17) is 16.9 Å². The van der Waals surface area contributed by atoms with Gasteiger partial charge in [-0.2, -0.15) is 5.26 Å². The van der Waals surface area contributed by atoms with Gasteiger partial charge in [0.25, 0.3) is 5.91 Å². The number of hydrogen-bond donors (Lipinski definition) is 2. The maximum absolute atomic E-state index is 13.8.